The summed E-state index contributed by atoms with van der Waals surface area (Å²) in [6, 6.07) is 18.4. The third-order valence-corrected chi connectivity index (χ3v) is 4.69. The molecule has 2 aromatic rings. The van der Waals surface area contributed by atoms with Crippen LogP contribution in [0.4, 0.5) is 0 Å². The molecule has 3 rings (SSSR count). The van der Waals surface area contributed by atoms with Gasteiger partial charge in [-0.2, -0.15) is 0 Å². The van der Waals surface area contributed by atoms with E-state index in [9.17, 15) is 5.11 Å². The molecule has 0 aliphatic carbocycles. The smallest absolute Gasteiger partial charge is 0.119 e. The first-order chi connectivity index (χ1) is 13.2. The van der Waals surface area contributed by atoms with E-state index in [1.54, 1.807) is 0 Å². The molecule has 0 bridgehead atoms. The van der Waals surface area contributed by atoms with Crippen molar-refractivity contribution in [1.82, 2.24) is 9.80 Å². The van der Waals surface area contributed by atoms with E-state index in [0.717, 1.165) is 45.1 Å². The average molecular weight is 370 g/mol. The Hall–Kier alpha value is -1.92. The summed E-state index contributed by atoms with van der Waals surface area (Å²) in [6.45, 7) is 6.23. The van der Waals surface area contributed by atoms with E-state index in [1.807, 2.05) is 37.4 Å². The zero-order valence-electron chi connectivity index (χ0n) is 16.1. The number of nitrogens with zero attached hydrogens (tertiary/aromatic N) is 2. The molecule has 0 amide bonds. The molecule has 1 heterocycles. The molecule has 1 fully saturated rings. The van der Waals surface area contributed by atoms with Gasteiger partial charge in [0.2, 0.25) is 0 Å². The number of aliphatic hydroxyl groups is 1. The number of ether oxygens (including phenoxy) is 2. The van der Waals surface area contributed by atoms with Gasteiger partial charge in [0, 0.05) is 32.7 Å². The lowest BCUT2D eigenvalue weighted by Gasteiger charge is -2.26. The van der Waals surface area contributed by atoms with E-state index in [2.05, 4.69) is 34.1 Å². The zero-order chi connectivity index (χ0) is 18.9. The lowest BCUT2D eigenvalue weighted by Crippen LogP contribution is -2.35. The molecule has 0 radical (unpaired) electrons. The summed E-state index contributed by atoms with van der Waals surface area (Å²) in [5.74, 6) is 0.797. The van der Waals surface area contributed by atoms with E-state index in [-0.39, 0.29) is 0 Å². The number of hydrogen-bond acceptors (Lipinski definition) is 5. The molecule has 146 valence electrons. The van der Waals surface area contributed by atoms with Crippen molar-refractivity contribution in [2.24, 2.45) is 0 Å². The summed E-state index contributed by atoms with van der Waals surface area (Å²) in [7, 11) is 2.01. The second-order valence-corrected chi connectivity index (χ2v) is 7.18. The van der Waals surface area contributed by atoms with Gasteiger partial charge in [-0.25, -0.2) is 0 Å². The first-order valence-electron chi connectivity index (χ1n) is 9.61. The predicted octanol–water partition coefficient (Wildman–Crippen LogP) is 2.39. The molecular weight excluding hydrogens is 340 g/mol. The molecule has 1 unspecified atom stereocenters. The van der Waals surface area contributed by atoms with Crippen LogP contribution in [0, 0.1) is 0 Å². The van der Waals surface area contributed by atoms with Crippen molar-refractivity contribution in [2.75, 3.05) is 46.5 Å². The Bertz CT molecular complexity index is 657. The topological polar surface area (TPSA) is 45.2 Å². The molecule has 5 nitrogen and oxygen atoms in total. The lowest BCUT2D eigenvalue weighted by molar-refractivity contribution is 0.0342. The van der Waals surface area contributed by atoms with Gasteiger partial charge in [0.25, 0.3) is 0 Å². The molecule has 1 saturated heterocycles. The third kappa shape index (κ3) is 6.96. The molecule has 27 heavy (non-hydrogen) atoms. The summed E-state index contributed by atoms with van der Waals surface area (Å²) in [4.78, 5) is 4.50. The second-order valence-electron chi connectivity index (χ2n) is 7.18. The van der Waals surface area contributed by atoms with Crippen molar-refractivity contribution in [3.8, 4) is 5.75 Å². The van der Waals surface area contributed by atoms with Crippen LogP contribution in [0.5, 0.6) is 5.75 Å². The molecule has 1 aliphatic rings. The van der Waals surface area contributed by atoms with Gasteiger partial charge in [-0.15, -0.1) is 0 Å². The molecule has 1 aliphatic heterocycles. The van der Waals surface area contributed by atoms with Crippen LogP contribution in [0.25, 0.3) is 0 Å². The maximum atomic E-state index is 10.2. The van der Waals surface area contributed by atoms with Gasteiger partial charge in [-0.05, 0) is 30.3 Å². The molecule has 2 aromatic carbocycles. The summed E-state index contributed by atoms with van der Waals surface area (Å²) in [5.41, 5.74) is 2.51. The van der Waals surface area contributed by atoms with Crippen molar-refractivity contribution >= 4 is 0 Å². The average Bonchev–Trinajstić information content (AvgIpc) is 2.69. The quantitative estimate of drug-likeness (QED) is 0.734. The number of rotatable bonds is 9. The highest BCUT2D eigenvalue weighted by molar-refractivity contribution is 5.27. The SMILES string of the molecule is CN(Cc1ccccc1)CC(O)COc1ccc(CN2CCOCC2)cc1. The molecule has 0 spiro atoms. The first-order valence-corrected chi connectivity index (χ1v) is 9.61. The summed E-state index contributed by atoms with van der Waals surface area (Å²) >= 11 is 0. The Labute approximate surface area is 162 Å². The molecule has 0 aromatic heterocycles. The van der Waals surface area contributed by atoms with Gasteiger partial charge >= 0.3 is 0 Å². The van der Waals surface area contributed by atoms with E-state index < -0.39 is 6.10 Å². The monoisotopic (exact) mass is 370 g/mol. The van der Waals surface area contributed by atoms with Crippen LogP contribution in [0.2, 0.25) is 0 Å². The summed E-state index contributed by atoms with van der Waals surface area (Å²) in [5, 5.41) is 10.2. The van der Waals surface area contributed by atoms with Gasteiger partial charge in [0.05, 0.1) is 13.2 Å². The second kappa shape index (κ2) is 10.4. The Kier molecular flexibility index (Phi) is 7.66. The van der Waals surface area contributed by atoms with Gasteiger partial charge < -0.3 is 14.6 Å². The number of benzene rings is 2. The van der Waals surface area contributed by atoms with Crippen LogP contribution in [0.3, 0.4) is 0 Å². The maximum absolute atomic E-state index is 10.2. The van der Waals surface area contributed by atoms with Crippen LogP contribution in [0.15, 0.2) is 54.6 Å². The van der Waals surface area contributed by atoms with Crippen LogP contribution in [0.1, 0.15) is 11.1 Å². The fourth-order valence-corrected chi connectivity index (χ4v) is 3.27. The van der Waals surface area contributed by atoms with Crippen LogP contribution < -0.4 is 4.74 Å². The van der Waals surface area contributed by atoms with E-state index in [1.165, 1.54) is 11.1 Å². The van der Waals surface area contributed by atoms with Crippen LogP contribution in [-0.2, 0) is 17.8 Å². The highest BCUT2D eigenvalue weighted by Gasteiger charge is 2.12. The maximum Gasteiger partial charge on any atom is 0.119 e. The fraction of sp³-hybridized carbons (Fsp3) is 0.455. The normalized spacial score (nSPS) is 16.4. The minimum Gasteiger partial charge on any atom is -0.491 e. The number of morpholine rings is 1. The van der Waals surface area contributed by atoms with Crippen molar-refractivity contribution in [3.05, 3.63) is 65.7 Å². The Morgan fingerprint density at radius 1 is 1.04 bits per heavy atom. The predicted molar refractivity (Wildman–Crippen MR) is 107 cm³/mol. The molecule has 1 atom stereocenters. The van der Waals surface area contributed by atoms with E-state index in [0.29, 0.717) is 13.2 Å². The number of aliphatic hydroxyl groups excluding tert-OH is 1. The largest absolute Gasteiger partial charge is 0.491 e. The highest BCUT2D eigenvalue weighted by Crippen LogP contribution is 2.15. The Morgan fingerprint density at radius 3 is 2.44 bits per heavy atom. The number of likely N-dealkylation sites (N-methyl/N-ethyl adjacent to an activating group) is 1. The molecule has 1 N–H and O–H groups in total. The van der Waals surface area contributed by atoms with Gasteiger partial charge in [-0.3, -0.25) is 9.80 Å². The summed E-state index contributed by atoms with van der Waals surface area (Å²) in [6.07, 6.45) is -0.522. The number of hydrogen-bond donors (Lipinski definition) is 1. The van der Waals surface area contributed by atoms with E-state index in [4.69, 9.17) is 9.47 Å². The molecule has 5 heteroatoms. The Balaban J connectivity index is 1.38. The standard InChI is InChI=1S/C22H30N2O3/c1-23(15-19-5-3-2-4-6-19)17-21(25)18-27-22-9-7-20(8-10-22)16-24-11-13-26-14-12-24/h2-10,21,25H,11-18H2,1H3. The minimum atomic E-state index is -0.522. The highest BCUT2D eigenvalue weighted by atomic mass is 16.5. The molecule has 0 saturated carbocycles. The van der Waals surface area contributed by atoms with Gasteiger partial charge in [0.1, 0.15) is 18.5 Å². The van der Waals surface area contributed by atoms with Crippen LogP contribution >= 0.6 is 0 Å². The molecular formula is C22H30N2O3. The van der Waals surface area contributed by atoms with Crippen molar-refractivity contribution in [1.29, 1.82) is 0 Å². The fourth-order valence-electron chi connectivity index (χ4n) is 3.27. The van der Waals surface area contributed by atoms with Crippen LogP contribution in [-0.4, -0.2) is 67.5 Å². The van der Waals surface area contributed by atoms with Crippen molar-refractivity contribution in [3.63, 3.8) is 0 Å². The van der Waals surface area contributed by atoms with Crippen molar-refractivity contribution < 1.29 is 14.6 Å². The third-order valence-electron chi connectivity index (χ3n) is 4.69. The lowest BCUT2D eigenvalue weighted by atomic mass is 10.2. The zero-order valence-corrected chi connectivity index (χ0v) is 16.1. The van der Waals surface area contributed by atoms with Crippen molar-refractivity contribution in [2.45, 2.75) is 19.2 Å². The first kappa shape index (κ1) is 19.8. The minimum absolute atomic E-state index is 0.294. The Morgan fingerprint density at radius 2 is 1.74 bits per heavy atom. The van der Waals surface area contributed by atoms with Gasteiger partial charge in [-0.1, -0.05) is 42.5 Å². The van der Waals surface area contributed by atoms with E-state index >= 15 is 0 Å². The summed E-state index contributed by atoms with van der Waals surface area (Å²) < 4.78 is 11.1. The van der Waals surface area contributed by atoms with Gasteiger partial charge in [0.15, 0.2) is 0 Å².